The maximum Gasteiger partial charge on any atom is 0.286 e. The van der Waals surface area contributed by atoms with E-state index < -0.39 is 10.8 Å². The van der Waals surface area contributed by atoms with Crippen molar-refractivity contribution in [2.75, 3.05) is 46.4 Å². The SMILES string of the molecule is COCCOc1cc([N+](=O)[O-])c(C(=O)NCc2ccc(N(C)C)nc2)cc1OC. The first-order valence-corrected chi connectivity index (χ1v) is 8.76. The maximum atomic E-state index is 12.6. The predicted molar refractivity (Wildman–Crippen MR) is 107 cm³/mol. The predicted octanol–water partition coefficient (Wildman–Crippen LogP) is 2.02. The number of benzene rings is 1. The lowest BCUT2D eigenvalue weighted by atomic mass is 10.1. The highest BCUT2D eigenvalue weighted by Gasteiger charge is 2.24. The highest BCUT2D eigenvalue weighted by Crippen LogP contribution is 2.34. The van der Waals surface area contributed by atoms with E-state index in [1.807, 2.05) is 31.1 Å². The average Bonchev–Trinajstić information content (AvgIpc) is 2.71. The highest BCUT2D eigenvalue weighted by molar-refractivity contribution is 5.99. The van der Waals surface area contributed by atoms with Gasteiger partial charge in [0.2, 0.25) is 0 Å². The van der Waals surface area contributed by atoms with E-state index in [1.54, 1.807) is 6.20 Å². The molecule has 1 N–H and O–H groups in total. The number of hydrogen-bond acceptors (Lipinski definition) is 8. The van der Waals surface area contributed by atoms with Crippen molar-refractivity contribution in [3.05, 3.63) is 51.7 Å². The third kappa shape index (κ3) is 5.79. The summed E-state index contributed by atoms with van der Waals surface area (Å²) in [5.74, 6) is 0.560. The van der Waals surface area contributed by atoms with Crippen LogP contribution in [0.1, 0.15) is 15.9 Å². The number of carbonyl (C=O) groups is 1. The molecule has 0 bridgehead atoms. The van der Waals surface area contributed by atoms with E-state index in [1.165, 1.54) is 26.4 Å². The molecule has 1 aromatic carbocycles. The normalized spacial score (nSPS) is 10.3. The number of methoxy groups -OCH3 is 2. The fourth-order valence-electron chi connectivity index (χ4n) is 2.45. The van der Waals surface area contributed by atoms with Crippen molar-refractivity contribution >= 4 is 17.4 Å². The van der Waals surface area contributed by atoms with E-state index in [0.717, 1.165) is 11.4 Å². The molecular formula is C19H24N4O6. The van der Waals surface area contributed by atoms with Crippen LogP contribution in [0.15, 0.2) is 30.5 Å². The topological polar surface area (TPSA) is 116 Å². The molecule has 2 rings (SSSR count). The van der Waals surface area contributed by atoms with Gasteiger partial charge in [-0.1, -0.05) is 6.07 Å². The molecule has 0 saturated carbocycles. The van der Waals surface area contributed by atoms with Crippen LogP contribution in [0.5, 0.6) is 11.5 Å². The lowest BCUT2D eigenvalue weighted by Gasteiger charge is -2.13. The Bertz CT molecular complexity index is 855. The summed E-state index contributed by atoms with van der Waals surface area (Å²) in [6, 6.07) is 6.11. The number of hydrogen-bond donors (Lipinski definition) is 1. The van der Waals surface area contributed by atoms with Gasteiger partial charge in [0.25, 0.3) is 11.6 Å². The zero-order chi connectivity index (χ0) is 21.4. The zero-order valence-corrected chi connectivity index (χ0v) is 16.8. The van der Waals surface area contributed by atoms with Crippen LogP contribution in [-0.2, 0) is 11.3 Å². The summed E-state index contributed by atoms with van der Waals surface area (Å²) in [5.41, 5.74) is 0.263. The van der Waals surface area contributed by atoms with Gasteiger partial charge in [-0.05, 0) is 11.6 Å². The van der Waals surface area contributed by atoms with Gasteiger partial charge in [-0.3, -0.25) is 14.9 Å². The number of rotatable bonds is 10. The van der Waals surface area contributed by atoms with Crippen LogP contribution in [0.4, 0.5) is 11.5 Å². The third-order valence-corrected chi connectivity index (χ3v) is 3.99. The minimum Gasteiger partial charge on any atom is -0.493 e. The summed E-state index contributed by atoms with van der Waals surface area (Å²) in [7, 11) is 6.65. The van der Waals surface area contributed by atoms with Gasteiger partial charge in [0.1, 0.15) is 18.0 Å². The van der Waals surface area contributed by atoms with Crippen molar-refractivity contribution in [3.63, 3.8) is 0 Å². The van der Waals surface area contributed by atoms with Crippen molar-refractivity contribution in [2.45, 2.75) is 6.54 Å². The van der Waals surface area contributed by atoms with Crippen LogP contribution < -0.4 is 19.7 Å². The molecule has 0 unspecified atom stereocenters. The van der Waals surface area contributed by atoms with E-state index in [-0.39, 0.29) is 35.9 Å². The highest BCUT2D eigenvalue weighted by atomic mass is 16.6. The number of anilines is 1. The Hall–Kier alpha value is -3.40. The lowest BCUT2D eigenvalue weighted by Crippen LogP contribution is -2.24. The molecule has 1 aromatic heterocycles. The van der Waals surface area contributed by atoms with E-state index in [2.05, 4.69) is 10.3 Å². The van der Waals surface area contributed by atoms with Gasteiger partial charge in [0.05, 0.1) is 24.7 Å². The molecule has 0 saturated heterocycles. The van der Waals surface area contributed by atoms with Gasteiger partial charge < -0.3 is 24.4 Å². The van der Waals surface area contributed by atoms with Gasteiger partial charge >= 0.3 is 0 Å². The standard InChI is InChI=1S/C19H24N4O6/c1-22(2)18-6-5-13(11-20-18)12-21-19(24)14-9-16(28-4)17(29-8-7-27-3)10-15(14)23(25)26/h5-6,9-11H,7-8,12H2,1-4H3,(H,21,24). The van der Waals surface area contributed by atoms with Crippen molar-refractivity contribution in [1.82, 2.24) is 10.3 Å². The Kier molecular flexibility index (Phi) is 7.72. The lowest BCUT2D eigenvalue weighted by molar-refractivity contribution is -0.385. The molecule has 0 radical (unpaired) electrons. The van der Waals surface area contributed by atoms with Gasteiger partial charge in [0.15, 0.2) is 11.5 Å². The van der Waals surface area contributed by atoms with E-state index >= 15 is 0 Å². The molecule has 0 aliphatic carbocycles. The van der Waals surface area contributed by atoms with Gasteiger partial charge in [-0.15, -0.1) is 0 Å². The molecular weight excluding hydrogens is 380 g/mol. The summed E-state index contributed by atoms with van der Waals surface area (Å²) in [6.07, 6.45) is 1.64. The van der Waals surface area contributed by atoms with Crippen LogP contribution in [0.25, 0.3) is 0 Å². The molecule has 10 heteroatoms. The Morgan fingerprint density at radius 2 is 1.97 bits per heavy atom. The van der Waals surface area contributed by atoms with Crippen LogP contribution in [0.2, 0.25) is 0 Å². The summed E-state index contributed by atoms with van der Waals surface area (Å²) in [5, 5.41) is 14.1. The van der Waals surface area contributed by atoms with E-state index in [4.69, 9.17) is 14.2 Å². The van der Waals surface area contributed by atoms with E-state index in [9.17, 15) is 14.9 Å². The number of nitro benzene ring substituents is 1. The Labute approximate surface area is 168 Å². The van der Waals surface area contributed by atoms with Crippen LogP contribution in [0, 0.1) is 10.1 Å². The first-order valence-electron chi connectivity index (χ1n) is 8.76. The molecule has 156 valence electrons. The van der Waals surface area contributed by atoms with Gasteiger partial charge in [-0.2, -0.15) is 0 Å². The molecule has 10 nitrogen and oxygen atoms in total. The second-order valence-electron chi connectivity index (χ2n) is 6.22. The first-order chi connectivity index (χ1) is 13.9. The summed E-state index contributed by atoms with van der Waals surface area (Å²) >= 11 is 0. The minimum absolute atomic E-state index is 0.121. The zero-order valence-electron chi connectivity index (χ0n) is 16.8. The summed E-state index contributed by atoms with van der Waals surface area (Å²) in [4.78, 5) is 29.6. The molecule has 0 atom stereocenters. The molecule has 1 heterocycles. The molecule has 1 amide bonds. The Morgan fingerprint density at radius 1 is 1.21 bits per heavy atom. The second kappa shape index (κ2) is 10.2. The number of carbonyl (C=O) groups excluding carboxylic acids is 1. The molecule has 2 aromatic rings. The molecule has 0 fully saturated rings. The fourth-order valence-corrected chi connectivity index (χ4v) is 2.45. The molecule has 0 spiro atoms. The summed E-state index contributed by atoms with van der Waals surface area (Å²) < 4.78 is 15.6. The van der Waals surface area contributed by atoms with Crippen molar-refractivity contribution in [1.29, 1.82) is 0 Å². The van der Waals surface area contributed by atoms with Crippen molar-refractivity contribution in [2.24, 2.45) is 0 Å². The van der Waals surface area contributed by atoms with Gasteiger partial charge in [0, 0.05) is 40.0 Å². The second-order valence-corrected chi connectivity index (χ2v) is 6.22. The smallest absolute Gasteiger partial charge is 0.286 e. The number of pyridine rings is 1. The summed E-state index contributed by atoms with van der Waals surface area (Å²) in [6.45, 7) is 0.663. The fraction of sp³-hybridized carbons (Fsp3) is 0.368. The van der Waals surface area contributed by atoms with E-state index in [0.29, 0.717) is 6.61 Å². The minimum atomic E-state index is -0.634. The third-order valence-electron chi connectivity index (χ3n) is 3.99. The first kappa shape index (κ1) is 21.9. The Morgan fingerprint density at radius 3 is 2.52 bits per heavy atom. The number of amides is 1. The molecule has 0 aliphatic rings. The monoisotopic (exact) mass is 404 g/mol. The van der Waals surface area contributed by atoms with Gasteiger partial charge in [-0.25, -0.2) is 4.98 Å². The van der Waals surface area contributed by atoms with Crippen LogP contribution in [0.3, 0.4) is 0 Å². The molecule has 29 heavy (non-hydrogen) atoms. The largest absolute Gasteiger partial charge is 0.493 e. The number of ether oxygens (including phenoxy) is 3. The maximum absolute atomic E-state index is 12.6. The van der Waals surface area contributed by atoms with Crippen LogP contribution >= 0.6 is 0 Å². The van der Waals surface area contributed by atoms with Crippen molar-refractivity contribution in [3.8, 4) is 11.5 Å². The molecule has 0 aliphatic heterocycles. The number of aromatic nitrogens is 1. The quantitative estimate of drug-likeness (QED) is 0.363. The average molecular weight is 404 g/mol. The van der Waals surface area contributed by atoms with Crippen molar-refractivity contribution < 1.29 is 23.9 Å². The number of nitro groups is 1. The Balaban J connectivity index is 2.20. The van der Waals surface area contributed by atoms with Crippen LogP contribution in [-0.4, -0.2) is 57.3 Å². The number of nitrogens with one attached hydrogen (secondary N) is 1. The number of nitrogens with zero attached hydrogens (tertiary/aromatic N) is 3.